The van der Waals surface area contributed by atoms with Gasteiger partial charge in [-0.25, -0.2) is 8.96 Å². The van der Waals surface area contributed by atoms with E-state index in [2.05, 4.69) is 5.10 Å². The van der Waals surface area contributed by atoms with Gasteiger partial charge in [0.25, 0.3) is 0 Å². The summed E-state index contributed by atoms with van der Waals surface area (Å²) in [4.78, 5) is 0. The van der Waals surface area contributed by atoms with Crippen LogP contribution in [0.1, 0.15) is 31.4 Å². The highest BCUT2D eigenvalue weighted by Crippen LogP contribution is 2.29. The molecule has 1 aromatic heterocycles. The molecule has 3 nitrogen and oxygen atoms in total. The third-order valence-corrected chi connectivity index (χ3v) is 3.03. The summed E-state index contributed by atoms with van der Waals surface area (Å²) in [5.74, 6) is 0.538. The molecule has 2 heterocycles. The molecule has 0 amide bonds. The van der Waals surface area contributed by atoms with E-state index < -0.39 is 6.17 Å². The fraction of sp³-hybridized carbons (Fsp3) is 0.333. The quantitative estimate of drug-likeness (QED) is 0.672. The molecule has 16 heavy (non-hydrogen) atoms. The van der Waals surface area contributed by atoms with Gasteiger partial charge in [0.15, 0.2) is 6.17 Å². The fourth-order valence-corrected chi connectivity index (χ4v) is 2.15. The van der Waals surface area contributed by atoms with Gasteiger partial charge in [-0.05, 0) is 19.1 Å². The molecule has 0 spiro atoms. The summed E-state index contributed by atoms with van der Waals surface area (Å²) in [6.45, 7) is 2.01. The number of benzene rings is 1. The average molecular weight is 218 g/mol. The number of fused-ring (bicyclic) bond motifs is 1. The van der Waals surface area contributed by atoms with Crippen molar-refractivity contribution in [3.63, 3.8) is 0 Å². The topological polar surface area (TPSA) is 21.7 Å². The Labute approximate surface area is 93.1 Å². The monoisotopic (exact) mass is 218 g/mol. The van der Waals surface area contributed by atoms with Crippen LogP contribution in [-0.2, 0) is 0 Å². The van der Waals surface area contributed by atoms with E-state index in [9.17, 15) is 4.39 Å². The number of aromatic nitrogens is 3. The highest BCUT2D eigenvalue weighted by molar-refractivity contribution is 5.29. The second kappa shape index (κ2) is 3.40. The predicted octanol–water partition coefficient (Wildman–Crippen LogP) is 2.14. The van der Waals surface area contributed by atoms with Gasteiger partial charge in [0.05, 0.1) is 6.04 Å². The lowest BCUT2D eigenvalue weighted by Crippen LogP contribution is -2.34. The zero-order valence-corrected chi connectivity index (χ0v) is 9.05. The summed E-state index contributed by atoms with van der Waals surface area (Å²) in [5.41, 5.74) is 0.962. The molecule has 2 atom stereocenters. The largest absolute Gasteiger partial charge is 0.312 e. The molecule has 3 rings (SSSR count). The molecule has 82 valence electrons. The third-order valence-electron chi connectivity index (χ3n) is 3.03. The second-order valence-electron chi connectivity index (χ2n) is 4.21. The highest BCUT2D eigenvalue weighted by atomic mass is 19.1. The van der Waals surface area contributed by atoms with Gasteiger partial charge < -0.3 is 0 Å². The second-order valence-corrected chi connectivity index (χ2v) is 4.21. The Balaban J connectivity index is 2.07. The summed E-state index contributed by atoms with van der Waals surface area (Å²) in [6, 6.07) is 9.96. The smallest absolute Gasteiger partial charge is 0.235 e. The maximum absolute atomic E-state index is 13.6. The molecular weight excluding hydrogens is 205 g/mol. The van der Waals surface area contributed by atoms with Gasteiger partial charge in [-0.3, -0.25) is 0 Å². The minimum atomic E-state index is -0.931. The summed E-state index contributed by atoms with van der Waals surface area (Å²) >= 11 is 0. The minimum Gasteiger partial charge on any atom is -0.235 e. The van der Waals surface area contributed by atoms with Crippen molar-refractivity contribution < 1.29 is 8.96 Å². The van der Waals surface area contributed by atoms with E-state index in [1.807, 2.05) is 48.1 Å². The summed E-state index contributed by atoms with van der Waals surface area (Å²) in [5, 5.41) is 4.30. The molecule has 0 saturated heterocycles. The molecule has 0 bridgehead atoms. The number of rotatable bonds is 1. The summed E-state index contributed by atoms with van der Waals surface area (Å²) in [6.07, 6.45) is 1.48. The first-order valence-electron chi connectivity index (χ1n) is 5.46. The fourth-order valence-electron chi connectivity index (χ4n) is 2.15. The van der Waals surface area contributed by atoms with Gasteiger partial charge >= 0.3 is 5.82 Å². The maximum Gasteiger partial charge on any atom is 0.312 e. The van der Waals surface area contributed by atoms with Crippen molar-refractivity contribution in [3.8, 4) is 5.69 Å². The van der Waals surface area contributed by atoms with E-state index in [0.717, 1.165) is 5.69 Å². The van der Waals surface area contributed by atoms with Crippen LogP contribution in [0.4, 0.5) is 4.39 Å². The number of hydrogen-bond acceptors (Lipinski definition) is 1. The van der Waals surface area contributed by atoms with Crippen molar-refractivity contribution in [3.05, 3.63) is 42.5 Å². The van der Waals surface area contributed by atoms with Crippen molar-refractivity contribution in [2.24, 2.45) is 0 Å². The molecule has 1 aliphatic rings. The Hall–Kier alpha value is -1.71. The molecule has 4 heteroatoms. The molecule has 0 unspecified atom stereocenters. The van der Waals surface area contributed by atoms with Gasteiger partial charge in [-0.2, -0.15) is 0 Å². The minimum absolute atomic E-state index is 0.197. The zero-order chi connectivity index (χ0) is 11.1. The van der Waals surface area contributed by atoms with E-state index >= 15 is 0 Å². The van der Waals surface area contributed by atoms with Crippen LogP contribution in [-0.4, -0.2) is 9.78 Å². The van der Waals surface area contributed by atoms with Gasteiger partial charge in [0.1, 0.15) is 5.69 Å². The van der Waals surface area contributed by atoms with Crippen molar-refractivity contribution in [2.75, 3.05) is 0 Å². The highest BCUT2D eigenvalue weighted by Gasteiger charge is 2.37. The molecule has 2 aromatic rings. The van der Waals surface area contributed by atoms with Gasteiger partial charge in [0.2, 0.25) is 6.33 Å². The van der Waals surface area contributed by atoms with E-state index in [4.69, 9.17) is 0 Å². The van der Waals surface area contributed by atoms with Crippen LogP contribution in [0.25, 0.3) is 5.69 Å². The summed E-state index contributed by atoms with van der Waals surface area (Å²) in [7, 11) is 0. The van der Waals surface area contributed by atoms with E-state index in [0.29, 0.717) is 12.2 Å². The molecular formula is C12H13FN3+. The first kappa shape index (κ1) is 9.51. The van der Waals surface area contributed by atoms with Gasteiger partial charge in [-0.15, -0.1) is 0 Å². The standard InChI is InChI=1S/C12H13FN3/c1-9-7-11(13)12-14-16(8-15(9)12)10-5-3-2-4-6-10/h2-6,8-9,11H,7H2,1H3/q+1/t9-,11+/m1/s1. The number of alkyl halides is 1. The number of para-hydroxylation sites is 1. The first-order valence-corrected chi connectivity index (χ1v) is 5.46. The number of halogens is 1. The Kier molecular flexibility index (Phi) is 2.02. The van der Waals surface area contributed by atoms with Crippen molar-refractivity contribution >= 4 is 0 Å². The average Bonchev–Trinajstić information content (AvgIpc) is 2.83. The predicted molar refractivity (Wildman–Crippen MR) is 56.9 cm³/mol. The Bertz CT molecular complexity index is 481. The van der Waals surface area contributed by atoms with Crippen LogP contribution in [0, 0.1) is 0 Å². The molecule has 1 aromatic carbocycles. The first-order chi connectivity index (χ1) is 7.75. The molecule has 0 saturated carbocycles. The molecule has 0 N–H and O–H groups in total. The lowest BCUT2D eigenvalue weighted by Gasteiger charge is -1.98. The van der Waals surface area contributed by atoms with Crippen molar-refractivity contribution in [2.45, 2.75) is 25.6 Å². The maximum atomic E-state index is 13.6. The van der Waals surface area contributed by atoms with Crippen molar-refractivity contribution in [1.82, 2.24) is 9.78 Å². The Morgan fingerprint density at radius 2 is 2.12 bits per heavy atom. The van der Waals surface area contributed by atoms with Crippen LogP contribution < -0.4 is 4.57 Å². The van der Waals surface area contributed by atoms with E-state index in [1.54, 1.807) is 4.68 Å². The van der Waals surface area contributed by atoms with Gasteiger partial charge in [0, 0.05) is 11.5 Å². The van der Waals surface area contributed by atoms with Crippen LogP contribution in [0.2, 0.25) is 0 Å². The molecule has 0 radical (unpaired) electrons. The number of nitrogens with zero attached hydrogens (tertiary/aromatic N) is 3. The van der Waals surface area contributed by atoms with Crippen molar-refractivity contribution in [1.29, 1.82) is 0 Å². The van der Waals surface area contributed by atoms with Crippen LogP contribution in [0.5, 0.6) is 0 Å². The van der Waals surface area contributed by atoms with Crippen LogP contribution in [0.3, 0.4) is 0 Å². The SMILES string of the molecule is C[C@@H]1C[C@H](F)c2nn(-c3ccccc3)c[n+]21. The van der Waals surface area contributed by atoms with Gasteiger partial charge in [-0.1, -0.05) is 22.9 Å². The Morgan fingerprint density at radius 1 is 1.38 bits per heavy atom. The van der Waals surface area contributed by atoms with E-state index in [-0.39, 0.29) is 6.04 Å². The lowest BCUT2D eigenvalue weighted by molar-refractivity contribution is -0.714. The molecule has 1 aliphatic heterocycles. The molecule has 0 fully saturated rings. The Morgan fingerprint density at radius 3 is 2.81 bits per heavy atom. The summed E-state index contributed by atoms with van der Waals surface area (Å²) < 4.78 is 17.2. The third kappa shape index (κ3) is 1.33. The normalized spacial score (nSPS) is 23.4. The van der Waals surface area contributed by atoms with Crippen LogP contribution >= 0.6 is 0 Å². The zero-order valence-electron chi connectivity index (χ0n) is 9.05. The van der Waals surface area contributed by atoms with E-state index in [1.165, 1.54) is 0 Å². The lowest BCUT2D eigenvalue weighted by atomic mass is 10.2. The molecule has 0 aliphatic carbocycles. The van der Waals surface area contributed by atoms with Crippen LogP contribution in [0.15, 0.2) is 36.7 Å². The number of hydrogen-bond donors (Lipinski definition) is 0.